The van der Waals surface area contributed by atoms with Crippen LogP contribution in [0.4, 0.5) is 0 Å². The first-order valence-electron chi connectivity index (χ1n) is 16.6. The number of rotatable bonds is 0. The molecule has 1 aliphatic heterocycles. The highest BCUT2D eigenvalue weighted by Gasteiger charge is 2.24. The average molecular weight is 691 g/mol. The summed E-state index contributed by atoms with van der Waals surface area (Å²) in [5, 5.41) is 34.9. The molecular formula is C38H30N10O4. The number of aromatic nitrogens is 10. The number of fused-ring (bicyclic) bond motifs is 24. The van der Waals surface area contributed by atoms with E-state index in [1.54, 1.807) is 24.3 Å². The van der Waals surface area contributed by atoms with Crippen molar-refractivity contribution in [3.63, 3.8) is 0 Å². The van der Waals surface area contributed by atoms with E-state index in [1.807, 2.05) is 48.5 Å². The van der Waals surface area contributed by atoms with Gasteiger partial charge in [-0.1, -0.05) is 53.7 Å². The molecule has 0 spiro atoms. The Morgan fingerprint density at radius 3 is 0.846 bits per heavy atom. The fourth-order valence-corrected chi connectivity index (χ4v) is 5.73. The number of nitrogens with zero attached hydrogens (tertiary/aromatic N) is 10. The first-order valence-corrected chi connectivity index (χ1v) is 16.6. The van der Waals surface area contributed by atoms with Crippen molar-refractivity contribution in [2.45, 2.75) is 52.4 Å². The molecule has 14 nitrogen and oxygen atoms in total. The molecule has 0 amide bonds. The standard InChI is InChI=1S/C38H30N10O4/c1-37(2,3)23-15-19-13-20(16-23)30-42-46-34(50-30)26-10-8-12-28(40-26)36-48-44-32(52-36)22-14-21(17-24(18-22)38(4,5)6)31-43-47-35(51-31)27-11-7-9-25(39-27)33-45-41-29(19)49-33/h7-18H,1-6H3. The summed E-state index contributed by atoms with van der Waals surface area (Å²) in [7, 11) is 0. The van der Waals surface area contributed by atoms with Crippen molar-refractivity contribution in [1.82, 2.24) is 50.8 Å². The van der Waals surface area contributed by atoms with Crippen LogP contribution in [0.2, 0.25) is 0 Å². The third-order valence-electron chi connectivity index (χ3n) is 8.66. The Balaban J connectivity index is 1.24. The quantitative estimate of drug-likeness (QED) is 0.148. The summed E-state index contributed by atoms with van der Waals surface area (Å²) in [6, 6.07) is 22.5. The maximum Gasteiger partial charge on any atom is 0.266 e. The maximum absolute atomic E-state index is 6.21. The molecule has 14 heteroatoms. The molecule has 0 fully saturated rings. The van der Waals surface area contributed by atoms with Gasteiger partial charge in [-0.05, 0) is 82.6 Å². The first-order chi connectivity index (χ1) is 24.9. The second-order valence-electron chi connectivity index (χ2n) is 14.6. The van der Waals surface area contributed by atoms with Gasteiger partial charge in [0.1, 0.15) is 22.8 Å². The highest BCUT2D eigenvalue weighted by molar-refractivity contribution is 5.70. The molecule has 256 valence electrons. The van der Waals surface area contributed by atoms with Crippen molar-refractivity contribution in [2.75, 3.05) is 0 Å². The molecule has 0 atom stereocenters. The lowest BCUT2D eigenvalue weighted by atomic mass is 9.85. The minimum atomic E-state index is -0.231. The van der Waals surface area contributed by atoms with Gasteiger partial charge in [0.15, 0.2) is 0 Å². The third-order valence-corrected chi connectivity index (χ3v) is 8.66. The van der Waals surface area contributed by atoms with E-state index < -0.39 is 0 Å². The van der Waals surface area contributed by atoms with Crippen molar-refractivity contribution in [1.29, 1.82) is 0 Å². The second-order valence-corrected chi connectivity index (χ2v) is 14.6. The minimum absolute atomic E-state index is 0.223. The zero-order valence-electron chi connectivity index (χ0n) is 29.0. The van der Waals surface area contributed by atoms with Crippen molar-refractivity contribution in [3.05, 3.63) is 83.9 Å². The summed E-state index contributed by atoms with van der Waals surface area (Å²) in [5.74, 6) is 2.08. The zero-order valence-corrected chi connectivity index (χ0v) is 29.0. The van der Waals surface area contributed by atoms with Crippen molar-refractivity contribution in [2.24, 2.45) is 0 Å². The van der Waals surface area contributed by atoms with Crippen LogP contribution in [0.1, 0.15) is 52.7 Å². The van der Waals surface area contributed by atoms with Crippen LogP contribution in [-0.4, -0.2) is 50.8 Å². The molecule has 0 N–H and O–H groups in total. The Bertz CT molecular complexity index is 2300. The number of benzene rings is 2. The molecule has 1 aliphatic rings. The molecule has 8 aromatic rings. The monoisotopic (exact) mass is 690 g/mol. The largest absolute Gasteiger partial charge is 0.415 e. The van der Waals surface area contributed by atoms with Crippen LogP contribution >= 0.6 is 0 Å². The van der Waals surface area contributed by atoms with Gasteiger partial charge in [0.05, 0.1) is 0 Å². The zero-order chi connectivity index (χ0) is 35.8. The Morgan fingerprint density at radius 2 is 0.596 bits per heavy atom. The summed E-state index contributed by atoms with van der Waals surface area (Å²) in [4.78, 5) is 9.48. The predicted molar refractivity (Wildman–Crippen MR) is 188 cm³/mol. The molecule has 6 aromatic heterocycles. The van der Waals surface area contributed by atoms with Gasteiger partial charge in [-0.15, -0.1) is 40.8 Å². The highest BCUT2D eigenvalue weighted by Crippen LogP contribution is 2.37. The minimum Gasteiger partial charge on any atom is -0.415 e. The molecule has 7 heterocycles. The van der Waals surface area contributed by atoms with Gasteiger partial charge in [0.2, 0.25) is 23.6 Å². The molecule has 9 rings (SSSR count). The van der Waals surface area contributed by atoms with E-state index in [1.165, 1.54) is 0 Å². The number of hydrogen-bond acceptors (Lipinski definition) is 14. The van der Waals surface area contributed by atoms with Gasteiger partial charge in [-0.25, -0.2) is 9.97 Å². The molecule has 0 saturated carbocycles. The van der Waals surface area contributed by atoms with Crippen LogP contribution in [-0.2, 0) is 10.8 Å². The normalized spacial score (nSPS) is 12.4. The Labute approximate surface area is 296 Å². The maximum atomic E-state index is 6.21. The molecule has 52 heavy (non-hydrogen) atoms. The van der Waals surface area contributed by atoms with E-state index in [2.05, 4.69) is 82.3 Å². The van der Waals surface area contributed by atoms with E-state index in [9.17, 15) is 0 Å². The van der Waals surface area contributed by atoms with Crippen LogP contribution in [0, 0.1) is 0 Å². The summed E-state index contributed by atoms with van der Waals surface area (Å²) < 4.78 is 24.8. The molecule has 0 radical (unpaired) electrons. The fourth-order valence-electron chi connectivity index (χ4n) is 5.73. The van der Waals surface area contributed by atoms with E-state index in [4.69, 9.17) is 27.6 Å². The van der Waals surface area contributed by atoms with E-state index >= 15 is 0 Å². The van der Waals surface area contributed by atoms with Gasteiger partial charge < -0.3 is 17.7 Å². The van der Waals surface area contributed by atoms with Crippen LogP contribution in [0.25, 0.3) is 92.2 Å². The topological polar surface area (TPSA) is 181 Å². The Kier molecular flexibility index (Phi) is 6.87. The highest BCUT2D eigenvalue weighted by atomic mass is 16.4. The summed E-state index contributed by atoms with van der Waals surface area (Å²) >= 11 is 0. The molecule has 0 aliphatic carbocycles. The fraction of sp³-hybridized carbons (Fsp3) is 0.211. The number of hydrogen-bond donors (Lipinski definition) is 0. The van der Waals surface area contributed by atoms with Crippen LogP contribution in [0.3, 0.4) is 0 Å². The summed E-state index contributed by atoms with van der Waals surface area (Å²) in [6.45, 7) is 12.7. The molecule has 2 aromatic carbocycles. The second kappa shape index (κ2) is 11.4. The lowest BCUT2D eigenvalue weighted by molar-refractivity contribution is 0.571. The average Bonchev–Trinajstić information content (AvgIpc) is 3.97. The summed E-state index contributed by atoms with van der Waals surface area (Å²) in [5.41, 5.74) is 6.02. The molecule has 16 bridgehead atoms. The smallest absolute Gasteiger partial charge is 0.266 e. The Morgan fingerprint density at radius 1 is 0.346 bits per heavy atom. The lowest BCUT2D eigenvalue weighted by Crippen LogP contribution is -2.11. The van der Waals surface area contributed by atoms with Gasteiger partial charge in [-0.2, -0.15) is 0 Å². The Hall–Kier alpha value is -6.70. The van der Waals surface area contributed by atoms with E-state index in [-0.39, 0.29) is 34.4 Å². The van der Waals surface area contributed by atoms with E-state index in [0.29, 0.717) is 68.6 Å². The third kappa shape index (κ3) is 5.63. The van der Waals surface area contributed by atoms with Gasteiger partial charge in [-0.3, -0.25) is 0 Å². The van der Waals surface area contributed by atoms with Crippen LogP contribution in [0.15, 0.2) is 90.5 Å². The molecular weight excluding hydrogens is 660 g/mol. The molecule has 0 unspecified atom stereocenters. The predicted octanol–water partition coefficient (Wildman–Crippen LogP) is 8.25. The van der Waals surface area contributed by atoms with E-state index in [0.717, 1.165) is 11.1 Å². The summed E-state index contributed by atoms with van der Waals surface area (Å²) in [6.07, 6.45) is 0. The first kappa shape index (κ1) is 31.3. The van der Waals surface area contributed by atoms with Crippen LogP contribution in [0.5, 0.6) is 0 Å². The number of pyridine rings is 2. The van der Waals surface area contributed by atoms with Gasteiger partial charge in [0, 0.05) is 22.3 Å². The van der Waals surface area contributed by atoms with Gasteiger partial charge >= 0.3 is 0 Å². The SMILES string of the molecule is CC(C)(C)c1cc2cc(c1)-c1nnc(o1)-c1cccc(n1)-c1nnc(o1)-c1cc(cc(C(C)(C)C)c1)-c1nnc(o1)-c1cccc(n1)-c1nnc-2o1. The van der Waals surface area contributed by atoms with Crippen molar-refractivity contribution >= 4 is 0 Å². The van der Waals surface area contributed by atoms with Crippen LogP contribution < -0.4 is 0 Å². The molecule has 0 saturated heterocycles. The lowest BCUT2D eigenvalue weighted by Gasteiger charge is -2.20. The van der Waals surface area contributed by atoms with Crippen molar-refractivity contribution in [3.8, 4) is 92.2 Å². The van der Waals surface area contributed by atoms with Gasteiger partial charge in [0.25, 0.3) is 23.6 Å². The van der Waals surface area contributed by atoms with Crippen molar-refractivity contribution < 1.29 is 17.7 Å².